The van der Waals surface area contributed by atoms with Gasteiger partial charge < -0.3 is 15.2 Å². The van der Waals surface area contributed by atoms with Crippen LogP contribution in [0.2, 0.25) is 0 Å². The fraction of sp³-hybridized carbons (Fsp3) is 0.438. The lowest BCUT2D eigenvalue weighted by atomic mass is 10.0. The standard InChI is InChI=1S/C16H20N2O2/c1-20-14-6-4-5-13-12(14)7-10-17-15(13)18-11-16(19)8-2-3-9-16/h4-7,10,19H,2-3,8-9,11H2,1H3,(H,17,18). The summed E-state index contributed by atoms with van der Waals surface area (Å²) in [6, 6.07) is 7.87. The molecular weight excluding hydrogens is 252 g/mol. The normalized spacial score (nSPS) is 17.3. The fourth-order valence-corrected chi connectivity index (χ4v) is 2.96. The predicted octanol–water partition coefficient (Wildman–Crippen LogP) is 2.96. The van der Waals surface area contributed by atoms with Gasteiger partial charge in [0.1, 0.15) is 11.6 Å². The van der Waals surface area contributed by atoms with Crippen LogP contribution in [0, 0.1) is 0 Å². The maximum absolute atomic E-state index is 10.4. The molecule has 0 aliphatic heterocycles. The van der Waals surface area contributed by atoms with Gasteiger partial charge in [-0.2, -0.15) is 0 Å². The highest BCUT2D eigenvalue weighted by Crippen LogP contribution is 2.32. The van der Waals surface area contributed by atoms with Gasteiger partial charge in [-0.1, -0.05) is 25.0 Å². The molecule has 20 heavy (non-hydrogen) atoms. The van der Waals surface area contributed by atoms with Gasteiger partial charge in [0.25, 0.3) is 0 Å². The molecule has 0 saturated heterocycles. The van der Waals surface area contributed by atoms with Crippen molar-refractivity contribution in [3.8, 4) is 5.75 Å². The number of nitrogens with one attached hydrogen (secondary N) is 1. The Bertz CT molecular complexity index is 606. The summed E-state index contributed by atoms with van der Waals surface area (Å²) < 4.78 is 5.38. The summed E-state index contributed by atoms with van der Waals surface area (Å²) in [7, 11) is 1.67. The Hall–Kier alpha value is -1.81. The lowest BCUT2D eigenvalue weighted by Gasteiger charge is -2.23. The van der Waals surface area contributed by atoms with Crippen LogP contribution >= 0.6 is 0 Å². The number of methoxy groups -OCH3 is 1. The molecule has 0 amide bonds. The number of hydrogen-bond donors (Lipinski definition) is 2. The average molecular weight is 272 g/mol. The molecule has 2 aromatic rings. The van der Waals surface area contributed by atoms with Crippen molar-refractivity contribution >= 4 is 16.6 Å². The first kappa shape index (κ1) is 13.2. The summed E-state index contributed by atoms with van der Waals surface area (Å²) in [5, 5.41) is 15.8. The Balaban J connectivity index is 1.88. The number of ether oxygens (including phenoxy) is 1. The summed E-state index contributed by atoms with van der Waals surface area (Å²) in [4.78, 5) is 4.40. The molecule has 4 heteroatoms. The van der Waals surface area contributed by atoms with Crippen molar-refractivity contribution in [2.75, 3.05) is 19.0 Å². The zero-order valence-electron chi connectivity index (χ0n) is 11.7. The van der Waals surface area contributed by atoms with E-state index in [0.717, 1.165) is 48.0 Å². The largest absolute Gasteiger partial charge is 0.496 e. The highest BCUT2D eigenvalue weighted by atomic mass is 16.5. The van der Waals surface area contributed by atoms with Crippen LogP contribution in [0.15, 0.2) is 30.5 Å². The molecule has 1 aliphatic carbocycles. The molecule has 1 aliphatic rings. The minimum atomic E-state index is -0.581. The van der Waals surface area contributed by atoms with Crippen molar-refractivity contribution in [1.82, 2.24) is 4.98 Å². The van der Waals surface area contributed by atoms with Crippen molar-refractivity contribution in [3.05, 3.63) is 30.5 Å². The monoisotopic (exact) mass is 272 g/mol. The van der Waals surface area contributed by atoms with E-state index in [4.69, 9.17) is 4.74 Å². The van der Waals surface area contributed by atoms with Crippen LogP contribution in [-0.4, -0.2) is 29.3 Å². The van der Waals surface area contributed by atoms with Gasteiger partial charge in [-0.05, 0) is 25.0 Å². The van der Waals surface area contributed by atoms with Crippen molar-refractivity contribution in [1.29, 1.82) is 0 Å². The van der Waals surface area contributed by atoms with Crippen LogP contribution < -0.4 is 10.1 Å². The molecule has 1 saturated carbocycles. The molecule has 0 atom stereocenters. The van der Waals surface area contributed by atoms with Gasteiger partial charge in [0, 0.05) is 23.5 Å². The van der Waals surface area contributed by atoms with E-state index in [2.05, 4.69) is 10.3 Å². The fourth-order valence-electron chi connectivity index (χ4n) is 2.96. The zero-order chi connectivity index (χ0) is 14.0. The Kier molecular flexibility index (Phi) is 3.49. The second-order valence-corrected chi connectivity index (χ2v) is 5.50. The van der Waals surface area contributed by atoms with Crippen LogP contribution in [0.25, 0.3) is 10.8 Å². The topological polar surface area (TPSA) is 54.4 Å². The van der Waals surface area contributed by atoms with Gasteiger partial charge in [-0.15, -0.1) is 0 Å². The molecule has 1 heterocycles. The van der Waals surface area contributed by atoms with Gasteiger partial charge in [-0.3, -0.25) is 0 Å². The van der Waals surface area contributed by atoms with E-state index in [1.54, 1.807) is 13.3 Å². The summed E-state index contributed by atoms with van der Waals surface area (Å²) in [5.74, 6) is 1.65. The van der Waals surface area contributed by atoms with E-state index in [1.165, 1.54) is 0 Å². The molecule has 0 radical (unpaired) electrons. The molecule has 0 spiro atoms. The summed E-state index contributed by atoms with van der Waals surface area (Å²) in [5.41, 5.74) is -0.581. The molecule has 0 unspecified atom stereocenters. The highest BCUT2D eigenvalue weighted by molar-refractivity contribution is 5.95. The van der Waals surface area contributed by atoms with E-state index in [9.17, 15) is 5.11 Å². The second kappa shape index (κ2) is 5.29. The first-order valence-corrected chi connectivity index (χ1v) is 7.10. The third kappa shape index (κ3) is 2.43. The van der Waals surface area contributed by atoms with Crippen LogP contribution in [-0.2, 0) is 0 Å². The smallest absolute Gasteiger partial charge is 0.134 e. The van der Waals surface area contributed by atoms with E-state index < -0.39 is 5.60 Å². The number of aliphatic hydroxyl groups is 1. The number of anilines is 1. The minimum Gasteiger partial charge on any atom is -0.496 e. The van der Waals surface area contributed by atoms with Gasteiger partial charge in [0.2, 0.25) is 0 Å². The quantitative estimate of drug-likeness (QED) is 0.898. The maximum Gasteiger partial charge on any atom is 0.134 e. The van der Waals surface area contributed by atoms with Gasteiger partial charge in [0.05, 0.1) is 12.7 Å². The van der Waals surface area contributed by atoms with Crippen molar-refractivity contribution in [3.63, 3.8) is 0 Å². The van der Waals surface area contributed by atoms with E-state index in [1.807, 2.05) is 24.3 Å². The minimum absolute atomic E-state index is 0.552. The highest BCUT2D eigenvalue weighted by Gasteiger charge is 2.30. The number of nitrogens with zero attached hydrogens (tertiary/aromatic N) is 1. The van der Waals surface area contributed by atoms with Crippen LogP contribution in [0.1, 0.15) is 25.7 Å². The summed E-state index contributed by atoms with van der Waals surface area (Å²) in [6.45, 7) is 0.552. The molecule has 1 fully saturated rings. The Morgan fingerprint density at radius 2 is 2.05 bits per heavy atom. The van der Waals surface area contributed by atoms with Crippen LogP contribution in [0.3, 0.4) is 0 Å². The molecule has 1 aromatic carbocycles. The third-order valence-electron chi connectivity index (χ3n) is 4.11. The average Bonchev–Trinajstić information content (AvgIpc) is 2.91. The van der Waals surface area contributed by atoms with Gasteiger partial charge in [-0.25, -0.2) is 4.98 Å². The number of hydrogen-bond acceptors (Lipinski definition) is 4. The molecule has 4 nitrogen and oxygen atoms in total. The number of fused-ring (bicyclic) bond motifs is 1. The number of benzene rings is 1. The Labute approximate surface area is 118 Å². The molecule has 3 rings (SSSR count). The first-order chi connectivity index (χ1) is 9.72. The van der Waals surface area contributed by atoms with E-state index in [0.29, 0.717) is 6.54 Å². The van der Waals surface area contributed by atoms with Crippen molar-refractivity contribution in [2.24, 2.45) is 0 Å². The maximum atomic E-state index is 10.4. The van der Waals surface area contributed by atoms with Crippen molar-refractivity contribution in [2.45, 2.75) is 31.3 Å². The number of rotatable bonds is 4. The number of pyridine rings is 1. The first-order valence-electron chi connectivity index (χ1n) is 7.10. The SMILES string of the molecule is COc1cccc2c(NCC3(O)CCCC3)nccc12. The second-order valence-electron chi connectivity index (χ2n) is 5.50. The van der Waals surface area contributed by atoms with E-state index in [-0.39, 0.29) is 0 Å². The molecule has 1 aromatic heterocycles. The lowest BCUT2D eigenvalue weighted by Crippen LogP contribution is -2.33. The van der Waals surface area contributed by atoms with Gasteiger partial charge in [0.15, 0.2) is 0 Å². The molecule has 0 bridgehead atoms. The van der Waals surface area contributed by atoms with Gasteiger partial charge >= 0.3 is 0 Å². The van der Waals surface area contributed by atoms with Crippen molar-refractivity contribution < 1.29 is 9.84 Å². The van der Waals surface area contributed by atoms with Crippen LogP contribution in [0.4, 0.5) is 5.82 Å². The Morgan fingerprint density at radius 1 is 1.25 bits per heavy atom. The molecule has 106 valence electrons. The lowest BCUT2D eigenvalue weighted by molar-refractivity contribution is 0.0614. The summed E-state index contributed by atoms with van der Waals surface area (Å²) in [6.07, 6.45) is 5.72. The Morgan fingerprint density at radius 3 is 2.80 bits per heavy atom. The predicted molar refractivity (Wildman–Crippen MR) is 80.2 cm³/mol. The number of aromatic nitrogens is 1. The van der Waals surface area contributed by atoms with E-state index >= 15 is 0 Å². The molecular formula is C16H20N2O2. The summed E-state index contributed by atoms with van der Waals surface area (Å²) >= 11 is 0. The zero-order valence-corrected chi connectivity index (χ0v) is 11.7. The third-order valence-corrected chi connectivity index (χ3v) is 4.11. The molecule has 2 N–H and O–H groups in total. The van der Waals surface area contributed by atoms with Crippen LogP contribution in [0.5, 0.6) is 5.75 Å².